The number of alkyl halides is 1. The van der Waals surface area contributed by atoms with Gasteiger partial charge in [0, 0.05) is 31.7 Å². The van der Waals surface area contributed by atoms with Crippen LogP contribution in [0.2, 0.25) is 0 Å². The average Bonchev–Trinajstić information content (AvgIpc) is 3.34. The molecule has 0 spiro atoms. The predicted octanol–water partition coefficient (Wildman–Crippen LogP) is -0.0622. The fourth-order valence-electron chi connectivity index (χ4n) is 3.97. The third kappa shape index (κ3) is 5.65. The number of allylic oxidation sites excluding steroid dienone is 1. The van der Waals surface area contributed by atoms with Crippen molar-refractivity contribution in [2.24, 2.45) is 5.92 Å². The molecule has 7 N–H and O–H groups in total. The van der Waals surface area contributed by atoms with E-state index >= 15 is 0 Å². The van der Waals surface area contributed by atoms with E-state index in [1.165, 1.54) is 5.57 Å². The predicted molar refractivity (Wildman–Crippen MR) is 103 cm³/mol. The third-order valence-corrected chi connectivity index (χ3v) is 5.78. The Morgan fingerprint density at radius 3 is 2.85 bits per heavy atom. The highest BCUT2D eigenvalue weighted by atomic mass is 19.1. The Morgan fingerprint density at radius 2 is 2.15 bits per heavy atom. The summed E-state index contributed by atoms with van der Waals surface area (Å²) in [6.07, 6.45) is 8.29. The van der Waals surface area contributed by atoms with E-state index in [4.69, 9.17) is 0 Å². The maximum atomic E-state index is 13.3. The lowest BCUT2D eigenvalue weighted by molar-refractivity contribution is 0.0763. The van der Waals surface area contributed by atoms with Crippen LogP contribution in [0.4, 0.5) is 4.39 Å². The second kappa shape index (κ2) is 8.87. The Hall–Kier alpha value is -1.19. The van der Waals surface area contributed by atoms with E-state index in [-0.39, 0.29) is 18.2 Å². The smallest absolute Gasteiger partial charge is 0.111 e. The fourth-order valence-corrected chi connectivity index (χ4v) is 3.97. The van der Waals surface area contributed by atoms with Gasteiger partial charge in [-0.15, -0.1) is 0 Å². The van der Waals surface area contributed by atoms with Crippen LogP contribution in [0.1, 0.15) is 38.5 Å². The standard InChI is InChI=1S/C19H33FN6O/c20-14-3-1-12(2-4-14)9-22-16-7-13(19(27)24-15-5-6-15)8-17(25-16)26-18-10-21-11-23-18/h1,7,13-15,17-19,21-27H,2-6,8-11H2. The van der Waals surface area contributed by atoms with Crippen molar-refractivity contribution in [3.8, 4) is 0 Å². The van der Waals surface area contributed by atoms with Crippen molar-refractivity contribution < 1.29 is 9.50 Å². The molecule has 0 aromatic heterocycles. The van der Waals surface area contributed by atoms with E-state index < -0.39 is 12.4 Å². The Balaban J connectivity index is 1.36. The Labute approximate surface area is 160 Å². The quantitative estimate of drug-likeness (QED) is 0.234. The third-order valence-electron chi connectivity index (χ3n) is 5.78. The van der Waals surface area contributed by atoms with Crippen LogP contribution in [0.25, 0.3) is 0 Å². The Bertz CT molecular complexity index is 560. The monoisotopic (exact) mass is 380 g/mol. The van der Waals surface area contributed by atoms with Gasteiger partial charge in [0.05, 0.1) is 18.2 Å². The van der Waals surface area contributed by atoms with Gasteiger partial charge in [-0.25, -0.2) is 4.39 Å². The lowest BCUT2D eigenvalue weighted by atomic mass is 9.96. The molecular formula is C19H33FN6O. The minimum atomic E-state index is -0.685. The van der Waals surface area contributed by atoms with Crippen molar-refractivity contribution >= 4 is 0 Å². The number of aliphatic hydroxyl groups excluding tert-OH is 1. The summed E-state index contributed by atoms with van der Waals surface area (Å²) in [7, 11) is 0. The average molecular weight is 381 g/mol. The molecule has 0 aromatic carbocycles. The van der Waals surface area contributed by atoms with E-state index in [1.807, 2.05) is 6.08 Å². The number of hydrogen-bond acceptors (Lipinski definition) is 7. The van der Waals surface area contributed by atoms with E-state index in [1.54, 1.807) is 0 Å². The largest absolute Gasteiger partial charge is 0.378 e. The maximum Gasteiger partial charge on any atom is 0.111 e. The molecule has 4 rings (SSSR count). The molecule has 7 nitrogen and oxygen atoms in total. The zero-order chi connectivity index (χ0) is 18.6. The molecule has 1 saturated carbocycles. The molecule has 4 aliphatic rings. The summed E-state index contributed by atoms with van der Waals surface area (Å²) < 4.78 is 13.3. The second-order valence-corrected chi connectivity index (χ2v) is 8.20. The summed E-state index contributed by atoms with van der Waals surface area (Å²) in [6, 6.07) is 0.466. The van der Waals surface area contributed by atoms with Gasteiger partial charge in [0.2, 0.25) is 0 Å². The van der Waals surface area contributed by atoms with Gasteiger partial charge in [-0.3, -0.25) is 16.0 Å². The van der Waals surface area contributed by atoms with Crippen molar-refractivity contribution in [1.82, 2.24) is 31.9 Å². The van der Waals surface area contributed by atoms with E-state index in [2.05, 4.69) is 38.0 Å². The molecule has 2 heterocycles. The molecule has 2 aliphatic heterocycles. The first-order valence-electron chi connectivity index (χ1n) is 10.3. The molecule has 0 aromatic rings. The van der Waals surface area contributed by atoms with E-state index in [0.29, 0.717) is 18.9 Å². The van der Waals surface area contributed by atoms with Crippen LogP contribution < -0.4 is 31.9 Å². The summed E-state index contributed by atoms with van der Waals surface area (Å²) in [6.45, 7) is 2.42. The summed E-state index contributed by atoms with van der Waals surface area (Å²) in [5.41, 5.74) is 1.26. The number of halogens is 1. The molecule has 0 radical (unpaired) electrons. The first kappa shape index (κ1) is 19.1. The molecule has 0 bridgehead atoms. The molecule has 8 heteroatoms. The van der Waals surface area contributed by atoms with Crippen molar-refractivity contribution in [3.05, 3.63) is 23.5 Å². The van der Waals surface area contributed by atoms with Crippen LogP contribution >= 0.6 is 0 Å². The molecule has 152 valence electrons. The molecule has 5 atom stereocenters. The van der Waals surface area contributed by atoms with Crippen LogP contribution in [0.15, 0.2) is 23.5 Å². The molecule has 2 fully saturated rings. The lowest BCUT2D eigenvalue weighted by Crippen LogP contribution is -2.56. The van der Waals surface area contributed by atoms with Gasteiger partial charge >= 0.3 is 0 Å². The zero-order valence-electron chi connectivity index (χ0n) is 15.8. The highest BCUT2D eigenvalue weighted by Crippen LogP contribution is 2.24. The van der Waals surface area contributed by atoms with Gasteiger partial charge in [-0.1, -0.05) is 11.6 Å². The molecule has 2 aliphatic carbocycles. The Kier molecular flexibility index (Phi) is 6.29. The van der Waals surface area contributed by atoms with Gasteiger partial charge < -0.3 is 21.1 Å². The summed E-state index contributed by atoms with van der Waals surface area (Å²) in [5, 5.41) is 31.1. The molecule has 5 unspecified atom stereocenters. The van der Waals surface area contributed by atoms with Crippen molar-refractivity contribution in [2.75, 3.05) is 19.8 Å². The van der Waals surface area contributed by atoms with E-state index in [9.17, 15) is 9.50 Å². The van der Waals surface area contributed by atoms with Gasteiger partial charge in [-0.05, 0) is 44.6 Å². The summed E-state index contributed by atoms with van der Waals surface area (Å²) >= 11 is 0. The topological polar surface area (TPSA) is 92.4 Å². The highest BCUT2D eigenvalue weighted by molar-refractivity contribution is 5.14. The molecular weight excluding hydrogens is 347 g/mol. The number of aliphatic hydroxyl groups is 1. The zero-order valence-corrected chi connectivity index (χ0v) is 15.8. The second-order valence-electron chi connectivity index (χ2n) is 8.20. The summed E-state index contributed by atoms with van der Waals surface area (Å²) in [5.74, 6) is 0.978. The van der Waals surface area contributed by atoms with Crippen LogP contribution in [0.5, 0.6) is 0 Å². The van der Waals surface area contributed by atoms with Crippen molar-refractivity contribution in [1.29, 1.82) is 0 Å². The van der Waals surface area contributed by atoms with Gasteiger partial charge in [0.15, 0.2) is 0 Å². The maximum absolute atomic E-state index is 13.3. The van der Waals surface area contributed by atoms with Gasteiger partial charge in [0.1, 0.15) is 12.4 Å². The normalized spacial score (nSPS) is 35.2. The van der Waals surface area contributed by atoms with Crippen LogP contribution in [0.3, 0.4) is 0 Å². The minimum absolute atomic E-state index is 0.0387. The van der Waals surface area contributed by atoms with E-state index in [0.717, 1.165) is 51.3 Å². The summed E-state index contributed by atoms with van der Waals surface area (Å²) in [4.78, 5) is 0. The number of rotatable bonds is 8. The Morgan fingerprint density at radius 1 is 1.26 bits per heavy atom. The molecule has 1 saturated heterocycles. The number of hydrogen-bond donors (Lipinski definition) is 7. The van der Waals surface area contributed by atoms with Crippen LogP contribution in [-0.2, 0) is 0 Å². The minimum Gasteiger partial charge on any atom is -0.378 e. The number of nitrogens with one attached hydrogen (secondary N) is 6. The SMILES string of the molecule is OC(NC1CC1)C1C=C(NCC2=CCC(F)CC2)NC(NC2CNCN2)C1. The van der Waals surface area contributed by atoms with Crippen LogP contribution in [0, 0.1) is 5.92 Å². The van der Waals surface area contributed by atoms with Crippen molar-refractivity contribution in [2.45, 2.75) is 69.3 Å². The van der Waals surface area contributed by atoms with Crippen molar-refractivity contribution in [3.63, 3.8) is 0 Å². The molecule has 27 heavy (non-hydrogen) atoms. The first-order valence-corrected chi connectivity index (χ1v) is 10.3. The van der Waals surface area contributed by atoms with Crippen LogP contribution in [-0.4, -0.2) is 55.6 Å². The van der Waals surface area contributed by atoms with Gasteiger partial charge in [-0.2, -0.15) is 0 Å². The fraction of sp³-hybridized carbons (Fsp3) is 0.789. The van der Waals surface area contributed by atoms with Gasteiger partial charge in [0.25, 0.3) is 0 Å². The lowest BCUT2D eigenvalue weighted by Gasteiger charge is -2.35. The highest BCUT2D eigenvalue weighted by Gasteiger charge is 2.32. The molecule has 0 amide bonds. The first-order chi connectivity index (χ1) is 13.2.